The van der Waals surface area contributed by atoms with Gasteiger partial charge in [-0.25, -0.2) is 0 Å². The smallest absolute Gasteiger partial charge is 0.303 e. The molecule has 0 aliphatic carbocycles. The Kier molecular flexibility index (Phi) is 7.29. The van der Waals surface area contributed by atoms with Crippen molar-refractivity contribution in [1.29, 1.82) is 0 Å². The number of amides is 1. The molecule has 116 valence electrons. The summed E-state index contributed by atoms with van der Waals surface area (Å²) in [6.45, 7) is 2.64. The van der Waals surface area contributed by atoms with Gasteiger partial charge in [-0.1, -0.05) is 25.8 Å². The Morgan fingerprint density at radius 1 is 1.29 bits per heavy atom. The molecule has 1 unspecified atom stereocenters. The number of hydrogen-bond acceptors (Lipinski definition) is 3. The van der Waals surface area contributed by atoms with Gasteiger partial charge in [0.25, 0.3) is 5.91 Å². The van der Waals surface area contributed by atoms with Crippen LogP contribution in [-0.4, -0.2) is 23.5 Å². The van der Waals surface area contributed by atoms with Gasteiger partial charge in [-0.15, -0.1) is 0 Å². The van der Waals surface area contributed by atoms with Gasteiger partial charge in [0.1, 0.15) is 0 Å². The predicted molar refractivity (Wildman–Crippen MR) is 83.1 cm³/mol. The first kappa shape index (κ1) is 17.0. The first-order chi connectivity index (χ1) is 10.0. The highest BCUT2D eigenvalue weighted by atomic mass is 16.4. The predicted octanol–water partition coefficient (Wildman–Crippen LogP) is 2.67. The maximum absolute atomic E-state index is 11.9. The topological polar surface area (TPSA) is 92.4 Å². The molecule has 1 rings (SSSR count). The molecule has 0 radical (unpaired) electrons. The fourth-order valence-electron chi connectivity index (χ4n) is 2.34. The summed E-state index contributed by atoms with van der Waals surface area (Å²) in [6.07, 6.45) is 3.66. The molecule has 1 atom stereocenters. The van der Waals surface area contributed by atoms with Crippen molar-refractivity contribution in [1.82, 2.24) is 5.32 Å². The van der Waals surface area contributed by atoms with Crippen molar-refractivity contribution < 1.29 is 14.7 Å². The van der Waals surface area contributed by atoms with Crippen LogP contribution < -0.4 is 11.1 Å². The largest absolute Gasteiger partial charge is 0.481 e. The Hall–Kier alpha value is -2.04. The van der Waals surface area contributed by atoms with E-state index >= 15 is 0 Å². The Balaban J connectivity index is 2.38. The number of nitrogen functional groups attached to an aromatic ring is 1. The van der Waals surface area contributed by atoms with E-state index in [1.165, 1.54) is 0 Å². The summed E-state index contributed by atoms with van der Waals surface area (Å²) >= 11 is 0. The molecule has 0 aliphatic heterocycles. The summed E-state index contributed by atoms with van der Waals surface area (Å²) < 4.78 is 0. The molecule has 1 amide bonds. The summed E-state index contributed by atoms with van der Waals surface area (Å²) in [4.78, 5) is 22.6. The van der Waals surface area contributed by atoms with Crippen LogP contribution in [0.25, 0.3) is 0 Å². The van der Waals surface area contributed by atoms with Gasteiger partial charge in [-0.2, -0.15) is 0 Å². The molecule has 5 heteroatoms. The number of nitrogens with one attached hydrogen (secondary N) is 1. The van der Waals surface area contributed by atoms with Crippen molar-refractivity contribution in [2.75, 3.05) is 12.3 Å². The van der Waals surface area contributed by atoms with E-state index in [-0.39, 0.29) is 12.3 Å². The minimum Gasteiger partial charge on any atom is -0.481 e. The van der Waals surface area contributed by atoms with Crippen molar-refractivity contribution in [3.63, 3.8) is 0 Å². The summed E-state index contributed by atoms with van der Waals surface area (Å²) in [5, 5.41) is 11.6. The van der Waals surface area contributed by atoms with Crippen LogP contribution in [0, 0.1) is 5.92 Å². The quantitative estimate of drug-likeness (QED) is 0.610. The Bertz CT molecular complexity index is 474. The van der Waals surface area contributed by atoms with E-state index in [4.69, 9.17) is 10.8 Å². The summed E-state index contributed by atoms with van der Waals surface area (Å²) in [7, 11) is 0. The highest BCUT2D eigenvalue weighted by Gasteiger charge is 2.11. The first-order valence-electron chi connectivity index (χ1n) is 7.38. The molecule has 21 heavy (non-hydrogen) atoms. The summed E-state index contributed by atoms with van der Waals surface area (Å²) in [6, 6.07) is 6.85. The van der Waals surface area contributed by atoms with Crippen LogP contribution >= 0.6 is 0 Å². The van der Waals surface area contributed by atoms with Crippen LogP contribution in [0.1, 0.15) is 49.4 Å². The van der Waals surface area contributed by atoms with Crippen LogP contribution in [0.5, 0.6) is 0 Å². The zero-order chi connectivity index (χ0) is 15.7. The number of carboxylic acid groups (broad SMARTS) is 1. The lowest BCUT2D eigenvalue weighted by atomic mass is 9.94. The molecular weight excluding hydrogens is 268 g/mol. The van der Waals surface area contributed by atoms with E-state index in [1.54, 1.807) is 24.3 Å². The third kappa shape index (κ3) is 6.79. The second-order valence-corrected chi connectivity index (χ2v) is 5.26. The van der Waals surface area contributed by atoms with E-state index in [0.29, 0.717) is 30.1 Å². The summed E-state index contributed by atoms with van der Waals surface area (Å²) in [5.74, 6) is -0.567. The maximum atomic E-state index is 11.9. The second-order valence-electron chi connectivity index (χ2n) is 5.26. The average Bonchev–Trinajstić information content (AvgIpc) is 2.44. The molecule has 0 saturated carbocycles. The Morgan fingerprint density at radius 3 is 2.67 bits per heavy atom. The zero-order valence-electron chi connectivity index (χ0n) is 12.5. The normalized spacial score (nSPS) is 11.9. The monoisotopic (exact) mass is 292 g/mol. The van der Waals surface area contributed by atoms with Gasteiger partial charge in [0, 0.05) is 24.2 Å². The minimum atomic E-state index is -0.764. The number of rotatable bonds is 9. The maximum Gasteiger partial charge on any atom is 0.303 e. The lowest BCUT2D eigenvalue weighted by molar-refractivity contribution is -0.137. The Morgan fingerprint density at radius 2 is 2.05 bits per heavy atom. The van der Waals surface area contributed by atoms with Crippen molar-refractivity contribution in [2.24, 2.45) is 5.92 Å². The van der Waals surface area contributed by atoms with Crippen LogP contribution in [0.2, 0.25) is 0 Å². The van der Waals surface area contributed by atoms with Gasteiger partial charge in [0.15, 0.2) is 0 Å². The number of carbonyl (C=O) groups excluding carboxylic acids is 1. The van der Waals surface area contributed by atoms with Crippen molar-refractivity contribution >= 4 is 17.6 Å². The first-order valence-corrected chi connectivity index (χ1v) is 7.38. The number of carboxylic acids is 1. The van der Waals surface area contributed by atoms with E-state index in [1.807, 2.05) is 0 Å². The van der Waals surface area contributed by atoms with E-state index in [2.05, 4.69) is 12.2 Å². The number of hydrogen-bond donors (Lipinski definition) is 3. The van der Waals surface area contributed by atoms with Crippen molar-refractivity contribution in [3.8, 4) is 0 Å². The molecule has 0 heterocycles. The van der Waals surface area contributed by atoms with Crippen LogP contribution in [-0.2, 0) is 4.79 Å². The van der Waals surface area contributed by atoms with Crippen LogP contribution in [0.4, 0.5) is 5.69 Å². The van der Waals surface area contributed by atoms with Crippen molar-refractivity contribution in [3.05, 3.63) is 29.8 Å². The average molecular weight is 292 g/mol. The van der Waals surface area contributed by atoms with Gasteiger partial charge < -0.3 is 16.2 Å². The molecule has 0 aromatic heterocycles. The van der Waals surface area contributed by atoms with Crippen LogP contribution in [0.3, 0.4) is 0 Å². The molecule has 0 fully saturated rings. The molecule has 1 aromatic rings. The van der Waals surface area contributed by atoms with E-state index in [0.717, 1.165) is 19.3 Å². The van der Waals surface area contributed by atoms with Gasteiger partial charge in [0.05, 0.1) is 0 Å². The Labute approximate surface area is 125 Å². The number of aliphatic carboxylic acids is 1. The number of carbonyl (C=O) groups is 2. The molecular formula is C16H24N2O3. The zero-order valence-corrected chi connectivity index (χ0v) is 12.5. The molecule has 1 aromatic carbocycles. The van der Waals surface area contributed by atoms with Crippen LogP contribution in [0.15, 0.2) is 24.3 Å². The third-order valence-electron chi connectivity index (χ3n) is 3.45. The molecule has 0 aliphatic rings. The van der Waals surface area contributed by atoms with Gasteiger partial charge >= 0.3 is 5.97 Å². The van der Waals surface area contributed by atoms with Gasteiger partial charge in [0.2, 0.25) is 0 Å². The van der Waals surface area contributed by atoms with E-state index in [9.17, 15) is 9.59 Å². The minimum absolute atomic E-state index is 0.143. The lowest BCUT2D eigenvalue weighted by Gasteiger charge is -2.15. The molecule has 5 nitrogen and oxygen atoms in total. The fraction of sp³-hybridized carbons (Fsp3) is 0.500. The molecule has 0 bridgehead atoms. The second kappa shape index (κ2) is 9.00. The molecule has 0 spiro atoms. The fourth-order valence-corrected chi connectivity index (χ4v) is 2.34. The van der Waals surface area contributed by atoms with Crippen molar-refractivity contribution in [2.45, 2.75) is 39.0 Å². The highest BCUT2D eigenvalue weighted by Crippen LogP contribution is 2.17. The number of benzene rings is 1. The lowest BCUT2D eigenvalue weighted by Crippen LogP contribution is -2.26. The van der Waals surface area contributed by atoms with Gasteiger partial charge in [-0.05, 0) is 37.0 Å². The van der Waals surface area contributed by atoms with E-state index < -0.39 is 5.97 Å². The number of anilines is 1. The SMILES string of the molecule is CCCC(CCNC(=O)c1cccc(N)c1)CCC(=O)O. The summed E-state index contributed by atoms with van der Waals surface area (Å²) in [5.41, 5.74) is 6.76. The molecule has 0 saturated heterocycles. The molecule has 4 N–H and O–H groups in total. The standard InChI is InChI=1S/C16H24N2O3/c1-2-4-12(7-8-15(19)20)9-10-18-16(21)13-5-3-6-14(17)11-13/h3,5-6,11-12H,2,4,7-10,17H2,1H3,(H,18,21)(H,19,20). The van der Waals surface area contributed by atoms with Gasteiger partial charge in [-0.3, -0.25) is 9.59 Å². The third-order valence-corrected chi connectivity index (χ3v) is 3.45. The number of nitrogens with two attached hydrogens (primary N) is 1. The highest BCUT2D eigenvalue weighted by molar-refractivity contribution is 5.94.